The quantitative estimate of drug-likeness (QED) is 0.670. The largest absolute Gasteiger partial charge is 0.350 e. The van der Waals surface area contributed by atoms with E-state index in [9.17, 15) is 14.9 Å². The maximum atomic E-state index is 11.4. The monoisotopic (exact) mass is 297 g/mol. The smallest absolute Gasteiger partial charge is 0.292 e. The topological polar surface area (TPSA) is 84.3 Å². The molecular weight excluding hydrogens is 282 g/mol. The van der Waals surface area contributed by atoms with Crippen LogP contribution < -0.4 is 10.6 Å². The van der Waals surface area contributed by atoms with Crippen molar-refractivity contribution < 1.29 is 9.72 Å². The third-order valence-electron chi connectivity index (χ3n) is 3.63. The number of carbonyl (C=O) groups excluding carboxylic acids is 1. The van der Waals surface area contributed by atoms with Crippen LogP contribution in [0, 0.1) is 17.0 Å². The summed E-state index contributed by atoms with van der Waals surface area (Å²) >= 11 is 0. The van der Waals surface area contributed by atoms with Gasteiger partial charge in [-0.15, -0.1) is 0 Å². The summed E-state index contributed by atoms with van der Waals surface area (Å²) in [5, 5.41) is 17.1. The summed E-state index contributed by atoms with van der Waals surface area (Å²) in [5.41, 5.74) is 3.94. The van der Waals surface area contributed by atoms with Crippen LogP contribution in [0.25, 0.3) is 0 Å². The number of hydrogen-bond acceptors (Lipinski definition) is 4. The number of fused-ring (bicyclic) bond motifs is 1. The number of hydrogen-bond donors (Lipinski definition) is 2. The number of benzene rings is 2. The molecule has 0 unspecified atom stereocenters. The molecule has 2 aromatic rings. The molecule has 112 valence electrons. The van der Waals surface area contributed by atoms with Crippen LogP contribution in [0.15, 0.2) is 36.4 Å². The molecule has 2 aromatic carbocycles. The van der Waals surface area contributed by atoms with Gasteiger partial charge < -0.3 is 10.6 Å². The second kappa shape index (κ2) is 5.48. The van der Waals surface area contributed by atoms with E-state index in [0.717, 1.165) is 22.5 Å². The first-order chi connectivity index (χ1) is 10.5. The normalized spacial score (nSPS) is 13.2. The molecule has 0 saturated heterocycles. The Bertz CT molecular complexity index is 771. The van der Waals surface area contributed by atoms with Crippen molar-refractivity contribution in [3.8, 4) is 0 Å². The third-order valence-corrected chi connectivity index (χ3v) is 3.63. The lowest BCUT2D eigenvalue weighted by molar-refractivity contribution is -0.384. The van der Waals surface area contributed by atoms with E-state index in [1.54, 1.807) is 18.2 Å². The van der Waals surface area contributed by atoms with E-state index in [-0.39, 0.29) is 11.6 Å². The van der Waals surface area contributed by atoms with E-state index in [1.807, 2.05) is 25.1 Å². The number of nitro groups is 1. The van der Waals surface area contributed by atoms with Gasteiger partial charge in [0.25, 0.3) is 5.69 Å². The average molecular weight is 297 g/mol. The highest BCUT2D eigenvalue weighted by Crippen LogP contribution is 2.31. The first-order valence-corrected chi connectivity index (χ1v) is 6.98. The van der Waals surface area contributed by atoms with Crippen molar-refractivity contribution in [2.75, 3.05) is 10.6 Å². The molecule has 2 N–H and O–H groups in total. The zero-order valence-electron chi connectivity index (χ0n) is 12.1. The Morgan fingerprint density at radius 1 is 1.18 bits per heavy atom. The molecule has 0 fully saturated rings. The van der Waals surface area contributed by atoms with Gasteiger partial charge in [0.05, 0.1) is 4.92 Å². The zero-order valence-corrected chi connectivity index (χ0v) is 12.1. The van der Waals surface area contributed by atoms with Crippen LogP contribution in [0.4, 0.5) is 22.7 Å². The molecule has 0 spiro atoms. The Kier molecular flexibility index (Phi) is 3.50. The Balaban J connectivity index is 1.91. The van der Waals surface area contributed by atoms with Gasteiger partial charge in [0.1, 0.15) is 5.69 Å². The van der Waals surface area contributed by atoms with Crippen molar-refractivity contribution in [3.05, 3.63) is 57.6 Å². The van der Waals surface area contributed by atoms with Crippen LogP contribution in [-0.4, -0.2) is 10.8 Å². The Morgan fingerprint density at radius 3 is 2.77 bits per heavy atom. The predicted octanol–water partition coefficient (Wildman–Crippen LogP) is 3.53. The zero-order chi connectivity index (χ0) is 15.7. The Morgan fingerprint density at radius 2 is 2.00 bits per heavy atom. The molecule has 0 bridgehead atoms. The van der Waals surface area contributed by atoms with Crippen molar-refractivity contribution in [1.82, 2.24) is 0 Å². The number of nitrogens with zero attached hydrogens (tertiary/aromatic N) is 1. The van der Waals surface area contributed by atoms with E-state index in [1.165, 1.54) is 0 Å². The van der Waals surface area contributed by atoms with Crippen molar-refractivity contribution in [2.45, 2.75) is 19.8 Å². The second-order valence-electron chi connectivity index (χ2n) is 5.32. The van der Waals surface area contributed by atoms with Gasteiger partial charge in [-0.25, -0.2) is 0 Å². The molecule has 6 heteroatoms. The third kappa shape index (κ3) is 2.76. The number of amides is 1. The standard InChI is InChI=1S/C16H15N3O3/c1-10-2-5-14(15(8-10)19(21)22)17-12-4-6-13-11(9-12)3-7-16(20)18-13/h2,4-6,8-9,17H,3,7H2,1H3,(H,18,20). The fourth-order valence-corrected chi connectivity index (χ4v) is 2.52. The van der Waals surface area contributed by atoms with Crippen LogP contribution in [0.3, 0.4) is 0 Å². The van der Waals surface area contributed by atoms with Crippen molar-refractivity contribution in [1.29, 1.82) is 0 Å². The van der Waals surface area contributed by atoms with Gasteiger partial charge in [-0.2, -0.15) is 0 Å². The summed E-state index contributed by atoms with van der Waals surface area (Å²) < 4.78 is 0. The molecule has 0 atom stereocenters. The van der Waals surface area contributed by atoms with E-state index >= 15 is 0 Å². The SMILES string of the molecule is Cc1ccc(Nc2ccc3c(c2)CCC(=O)N3)c([N+](=O)[O-])c1. The first kappa shape index (κ1) is 14.1. The average Bonchev–Trinajstić information content (AvgIpc) is 2.49. The Labute approximate surface area is 127 Å². The van der Waals surface area contributed by atoms with Gasteiger partial charge in [-0.05, 0) is 48.7 Å². The molecule has 3 rings (SSSR count). The minimum atomic E-state index is -0.395. The molecule has 1 heterocycles. The summed E-state index contributed by atoms with van der Waals surface area (Å²) in [4.78, 5) is 22.1. The van der Waals surface area contributed by atoms with Gasteiger partial charge in [0.2, 0.25) is 5.91 Å². The summed E-state index contributed by atoms with van der Waals surface area (Å²) in [7, 11) is 0. The van der Waals surface area contributed by atoms with Crippen LogP contribution in [-0.2, 0) is 11.2 Å². The number of nitro benzene ring substituents is 1. The summed E-state index contributed by atoms with van der Waals surface area (Å²) in [5.74, 6) is 0.0161. The van der Waals surface area contributed by atoms with Crippen molar-refractivity contribution in [3.63, 3.8) is 0 Å². The van der Waals surface area contributed by atoms with Crippen molar-refractivity contribution in [2.24, 2.45) is 0 Å². The van der Waals surface area contributed by atoms with Crippen LogP contribution >= 0.6 is 0 Å². The lowest BCUT2D eigenvalue weighted by Crippen LogP contribution is -2.18. The van der Waals surface area contributed by atoms with Crippen LogP contribution in [0.1, 0.15) is 17.5 Å². The molecule has 0 radical (unpaired) electrons. The summed E-state index contributed by atoms with van der Waals surface area (Å²) in [6.07, 6.45) is 1.13. The van der Waals surface area contributed by atoms with Gasteiger partial charge in [-0.3, -0.25) is 14.9 Å². The van der Waals surface area contributed by atoms with Crippen LogP contribution in [0.5, 0.6) is 0 Å². The molecule has 6 nitrogen and oxygen atoms in total. The van der Waals surface area contributed by atoms with E-state index in [4.69, 9.17) is 0 Å². The van der Waals surface area contributed by atoms with Gasteiger partial charge in [0, 0.05) is 23.9 Å². The van der Waals surface area contributed by atoms with Gasteiger partial charge in [0.15, 0.2) is 0 Å². The second-order valence-corrected chi connectivity index (χ2v) is 5.32. The maximum Gasteiger partial charge on any atom is 0.292 e. The molecule has 0 aliphatic carbocycles. The first-order valence-electron chi connectivity index (χ1n) is 6.98. The Hall–Kier alpha value is -2.89. The number of rotatable bonds is 3. The fraction of sp³-hybridized carbons (Fsp3) is 0.188. The highest BCUT2D eigenvalue weighted by Gasteiger charge is 2.17. The van der Waals surface area contributed by atoms with Gasteiger partial charge in [-0.1, -0.05) is 6.07 Å². The number of anilines is 3. The highest BCUT2D eigenvalue weighted by atomic mass is 16.6. The maximum absolute atomic E-state index is 11.4. The van der Waals surface area contributed by atoms with Gasteiger partial charge >= 0.3 is 0 Å². The molecular formula is C16H15N3O3. The van der Waals surface area contributed by atoms with E-state index in [0.29, 0.717) is 18.5 Å². The van der Waals surface area contributed by atoms with Crippen LogP contribution in [0.2, 0.25) is 0 Å². The number of nitrogens with one attached hydrogen (secondary N) is 2. The highest BCUT2D eigenvalue weighted by molar-refractivity contribution is 5.94. The lowest BCUT2D eigenvalue weighted by Gasteiger charge is -2.18. The molecule has 1 amide bonds. The molecule has 0 aromatic heterocycles. The lowest BCUT2D eigenvalue weighted by atomic mass is 10.0. The predicted molar refractivity (Wildman–Crippen MR) is 84.5 cm³/mol. The minimum absolute atomic E-state index is 0.0161. The molecule has 22 heavy (non-hydrogen) atoms. The summed E-state index contributed by atoms with van der Waals surface area (Å²) in [6.45, 7) is 1.82. The number of aryl methyl sites for hydroxylation is 2. The van der Waals surface area contributed by atoms with E-state index in [2.05, 4.69) is 10.6 Å². The molecule has 1 aliphatic rings. The minimum Gasteiger partial charge on any atom is -0.350 e. The molecule has 1 aliphatic heterocycles. The van der Waals surface area contributed by atoms with Crippen molar-refractivity contribution >= 4 is 28.7 Å². The molecule has 0 saturated carbocycles. The van der Waals surface area contributed by atoms with E-state index < -0.39 is 4.92 Å². The fourth-order valence-electron chi connectivity index (χ4n) is 2.52. The summed E-state index contributed by atoms with van der Waals surface area (Å²) in [6, 6.07) is 10.6. The number of carbonyl (C=O) groups is 1.